The van der Waals surface area contributed by atoms with Gasteiger partial charge in [0.25, 0.3) is 0 Å². The lowest BCUT2D eigenvalue weighted by atomic mass is 9.89. The van der Waals surface area contributed by atoms with Gasteiger partial charge in [-0.25, -0.2) is 0 Å². The van der Waals surface area contributed by atoms with Crippen LogP contribution in [-0.2, 0) is 0 Å². The smallest absolute Gasteiger partial charge is 0.395 e. The van der Waals surface area contributed by atoms with Crippen molar-refractivity contribution in [1.29, 1.82) is 0 Å². The van der Waals surface area contributed by atoms with Crippen molar-refractivity contribution in [2.75, 3.05) is 6.61 Å². The molecule has 0 aromatic rings. The zero-order chi connectivity index (χ0) is 9.28. The minimum absolute atomic E-state index is 0.451. The first-order chi connectivity index (χ1) is 4.73. The number of aliphatic hydroxyl groups is 1. The first kappa shape index (κ1) is 11.5. The Hall–Kier alpha value is 0.480. The molecule has 0 aliphatic rings. The minimum Gasteiger partial charge on any atom is -0.395 e. The van der Waals surface area contributed by atoms with Crippen LogP contribution < -0.4 is 0 Å². The Morgan fingerprint density at radius 2 is 1.73 bits per heavy atom. The van der Waals surface area contributed by atoms with Crippen molar-refractivity contribution in [2.45, 2.75) is 23.9 Å². The van der Waals surface area contributed by atoms with Crippen LogP contribution in [0.4, 0.5) is 13.2 Å². The van der Waals surface area contributed by atoms with Gasteiger partial charge < -0.3 is 5.11 Å². The van der Waals surface area contributed by atoms with E-state index in [2.05, 4.69) is 0 Å². The van der Waals surface area contributed by atoms with E-state index in [9.17, 15) is 13.2 Å². The van der Waals surface area contributed by atoms with Gasteiger partial charge in [-0.05, 0) is 0 Å². The van der Waals surface area contributed by atoms with Crippen molar-refractivity contribution in [1.82, 2.24) is 0 Å². The van der Waals surface area contributed by atoms with E-state index in [0.717, 1.165) is 13.8 Å². The van der Waals surface area contributed by atoms with Gasteiger partial charge in [-0.2, -0.15) is 13.2 Å². The van der Waals surface area contributed by atoms with E-state index in [0.29, 0.717) is 0 Å². The number of halogens is 4. The van der Waals surface area contributed by atoms with Gasteiger partial charge in [-0.15, -0.1) is 0 Å². The van der Waals surface area contributed by atoms with E-state index in [1.54, 1.807) is 22.6 Å². The summed E-state index contributed by atoms with van der Waals surface area (Å²) >= 11 is 1.60. The van der Waals surface area contributed by atoms with Crippen LogP contribution in [0.5, 0.6) is 0 Å². The number of aliphatic hydroxyl groups excluding tert-OH is 1. The standard InChI is InChI=1S/C6H10F3IO/c1-5(2,4(10)3-11)6(7,8)9/h4,11H,3H2,1-2H3. The van der Waals surface area contributed by atoms with Gasteiger partial charge in [0.15, 0.2) is 0 Å². The highest BCUT2D eigenvalue weighted by Gasteiger charge is 2.51. The minimum atomic E-state index is -4.25. The molecule has 11 heavy (non-hydrogen) atoms. The zero-order valence-corrected chi connectivity index (χ0v) is 8.40. The van der Waals surface area contributed by atoms with E-state index >= 15 is 0 Å². The summed E-state index contributed by atoms with van der Waals surface area (Å²) in [7, 11) is 0. The molecule has 0 radical (unpaired) electrons. The van der Waals surface area contributed by atoms with Gasteiger partial charge in [0.2, 0.25) is 0 Å². The predicted molar refractivity (Wildman–Crippen MR) is 44.7 cm³/mol. The third-order valence-electron chi connectivity index (χ3n) is 1.67. The fourth-order valence-corrected chi connectivity index (χ4v) is 0.759. The molecule has 0 spiro atoms. The van der Waals surface area contributed by atoms with Crippen LogP contribution in [0.25, 0.3) is 0 Å². The Morgan fingerprint density at radius 1 is 1.36 bits per heavy atom. The summed E-state index contributed by atoms with van der Waals surface area (Å²) in [5, 5.41) is 8.53. The van der Waals surface area contributed by atoms with Crippen molar-refractivity contribution in [3.63, 3.8) is 0 Å². The number of rotatable bonds is 2. The van der Waals surface area contributed by atoms with Crippen molar-refractivity contribution in [2.24, 2.45) is 5.41 Å². The highest BCUT2D eigenvalue weighted by molar-refractivity contribution is 14.1. The Kier molecular flexibility index (Phi) is 3.62. The molecular formula is C6H10F3IO. The number of hydrogen-bond acceptors (Lipinski definition) is 1. The van der Waals surface area contributed by atoms with Crippen LogP contribution in [0.1, 0.15) is 13.8 Å². The highest BCUT2D eigenvalue weighted by Crippen LogP contribution is 2.43. The summed E-state index contributed by atoms with van der Waals surface area (Å²) in [5.74, 6) is 0. The van der Waals surface area contributed by atoms with E-state index in [1.165, 1.54) is 0 Å². The van der Waals surface area contributed by atoms with Gasteiger partial charge in [0.05, 0.1) is 12.0 Å². The third-order valence-corrected chi connectivity index (χ3v) is 3.62. The van der Waals surface area contributed by atoms with Gasteiger partial charge in [-0.3, -0.25) is 0 Å². The monoisotopic (exact) mass is 282 g/mol. The maximum absolute atomic E-state index is 12.2. The Bertz CT molecular complexity index is 132. The molecule has 0 aliphatic carbocycles. The van der Waals surface area contributed by atoms with E-state index in [4.69, 9.17) is 5.11 Å². The highest BCUT2D eigenvalue weighted by atomic mass is 127. The Labute approximate surface area is 77.1 Å². The normalized spacial score (nSPS) is 16.6. The molecule has 1 N–H and O–H groups in total. The van der Waals surface area contributed by atoms with Gasteiger partial charge in [0, 0.05) is 3.92 Å². The molecule has 0 aliphatic heterocycles. The molecule has 0 heterocycles. The van der Waals surface area contributed by atoms with Crippen molar-refractivity contribution in [3.05, 3.63) is 0 Å². The predicted octanol–water partition coefficient (Wildman–Crippen LogP) is 2.37. The summed E-state index contributed by atoms with van der Waals surface area (Å²) < 4.78 is 35.7. The van der Waals surface area contributed by atoms with Gasteiger partial charge in [-0.1, -0.05) is 36.4 Å². The quantitative estimate of drug-likeness (QED) is 0.609. The van der Waals surface area contributed by atoms with Crippen LogP contribution in [-0.4, -0.2) is 21.8 Å². The van der Waals surface area contributed by atoms with E-state index < -0.39 is 22.1 Å². The number of hydrogen-bond donors (Lipinski definition) is 1. The molecule has 0 saturated carbocycles. The van der Waals surface area contributed by atoms with Crippen molar-refractivity contribution in [3.8, 4) is 0 Å². The largest absolute Gasteiger partial charge is 0.395 e. The molecule has 1 nitrogen and oxygen atoms in total. The summed E-state index contributed by atoms with van der Waals surface area (Å²) in [5.41, 5.74) is -1.82. The molecule has 68 valence electrons. The van der Waals surface area contributed by atoms with Crippen LogP contribution >= 0.6 is 22.6 Å². The van der Waals surface area contributed by atoms with Crippen LogP contribution in [0.3, 0.4) is 0 Å². The maximum Gasteiger partial charge on any atom is 0.395 e. The molecule has 0 amide bonds. The van der Waals surface area contributed by atoms with E-state index in [1.807, 2.05) is 0 Å². The second-order valence-corrected chi connectivity index (χ2v) is 4.37. The SMILES string of the molecule is CC(C)(C(I)CO)C(F)(F)F. The lowest BCUT2D eigenvalue weighted by Crippen LogP contribution is -2.41. The van der Waals surface area contributed by atoms with E-state index in [-0.39, 0.29) is 0 Å². The molecule has 5 heteroatoms. The molecule has 0 aromatic carbocycles. The third kappa shape index (κ3) is 2.47. The average Bonchev–Trinajstić information content (AvgIpc) is 1.83. The first-order valence-corrected chi connectivity index (χ1v) is 4.29. The Morgan fingerprint density at radius 3 is 1.82 bits per heavy atom. The second kappa shape index (κ2) is 3.47. The summed E-state index contributed by atoms with van der Waals surface area (Å²) in [6.45, 7) is 1.72. The molecule has 1 atom stereocenters. The summed E-state index contributed by atoms with van der Waals surface area (Å²) in [4.78, 5) is 0. The molecule has 0 aromatic heterocycles. The topological polar surface area (TPSA) is 20.2 Å². The van der Waals surface area contributed by atoms with Gasteiger partial charge in [0.1, 0.15) is 0 Å². The van der Waals surface area contributed by atoms with Crippen molar-refractivity contribution < 1.29 is 18.3 Å². The number of alkyl halides is 4. The molecule has 0 bridgehead atoms. The maximum atomic E-state index is 12.2. The first-order valence-electron chi connectivity index (χ1n) is 3.05. The van der Waals surface area contributed by atoms with Gasteiger partial charge >= 0.3 is 6.18 Å². The molecular weight excluding hydrogens is 272 g/mol. The van der Waals surface area contributed by atoms with Crippen LogP contribution in [0.15, 0.2) is 0 Å². The van der Waals surface area contributed by atoms with Crippen molar-refractivity contribution >= 4 is 22.6 Å². The molecule has 0 saturated heterocycles. The van der Waals surface area contributed by atoms with Crippen LogP contribution in [0, 0.1) is 5.41 Å². The van der Waals surface area contributed by atoms with Crippen LogP contribution in [0.2, 0.25) is 0 Å². The summed E-state index contributed by atoms with van der Waals surface area (Å²) in [6, 6.07) is 0. The molecule has 0 rings (SSSR count). The molecule has 1 unspecified atom stereocenters. The lowest BCUT2D eigenvalue weighted by molar-refractivity contribution is -0.211. The average molecular weight is 282 g/mol. The summed E-state index contributed by atoms with van der Waals surface area (Å²) in [6.07, 6.45) is -4.25. The Balaban J connectivity index is 4.45. The molecule has 0 fully saturated rings. The fraction of sp³-hybridized carbons (Fsp3) is 1.00. The fourth-order valence-electron chi connectivity index (χ4n) is 0.406. The lowest BCUT2D eigenvalue weighted by Gasteiger charge is -2.31. The second-order valence-electron chi connectivity index (χ2n) is 2.87. The zero-order valence-electron chi connectivity index (χ0n) is 6.24.